The summed E-state index contributed by atoms with van der Waals surface area (Å²) in [5.41, 5.74) is 0.561. The molecule has 0 amide bonds. The van der Waals surface area contributed by atoms with E-state index in [0.717, 1.165) is 67.3 Å². The molecule has 112 heavy (non-hydrogen) atoms. The van der Waals surface area contributed by atoms with Crippen molar-refractivity contribution in [2.24, 2.45) is 16.2 Å². The molecule has 0 saturated carbocycles. The Labute approximate surface area is 684 Å². The Morgan fingerprint density at radius 2 is 0.491 bits per heavy atom. The van der Waals surface area contributed by atoms with E-state index in [-0.39, 0.29) is 34.6 Å². The summed E-state index contributed by atoms with van der Waals surface area (Å²) in [5.74, 6) is 0.427. The van der Waals surface area contributed by atoms with Crippen LogP contribution in [0.25, 0.3) is 0 Å². The van der Waals surface area contributed by atoms with Crippen molar-refractivity contribution in [3.63, 3.8) is 0 Å². The second kappa shape index (κ2) is 37.0. The molecule has 0 fully saturated rings. The molecular formula is C97H166O15. The van der Waals surface area contributed by atoms with Gasteiger partial charge in [-0.25, -0.2) is 14.4 Å². The van der Waals surface area contributed by atoms with Gasteiger partial charge >= 0.3 is 17.9 Å². The maximum atomic E-state index is 13.3. The molecule has 3 aromatic carbocycles. The van der Waals surface area contributed by atoms with Crippen molar-refractivity contribution >= 4 is 17.9 Å². The van der Waals surface area contributed by atoms with E-state index >= 15 is 0 Å². The first-order valence-electron chi connectivity index (χ1n) is 41.8. The van der Waals surface area contributed by atoms with Gasteiger partial charge in [0.1, 0.15) is 34.1 Å². The molecule has 0 aliphatic heterocycles. The van der Waals surface area contributed by atoms with Crippen molar-refractivity contribution in [2.45, 2.75) is 438 Å². The molecule has 3 atom stereocenters. The third-order valence-electron chi connectivity index (χ3n) is 23.6. The summed E-state index contributed by atoms with van der Waals surface area (Å²) < 4.78 is 80.0. The van der Waals surface area contributed by atoms with Crippen LogP contribution in [0.15, 0.2) is 36.4 Å². The van der Waals surface area contributed by atoms with Crippen LogP contribution in [-0.2, 0) is 89.5 Å². The van der Waals surface area contributed by atoms with Gasteiger partial charge < -0.3 is 56.8 Å². The molecule has 0 aromatic heterocycles. The lowest BCUT2D eigenvalue weighted by atomic mass is 9.70. The minimum absolute atomic E-state index is 0.188. The van der Waals surface area contributed by atoms with Gasteiger partial charge in [0.15, 0.2) is 18.3 Å². The highest BCUT2D eigenvalue weighted by atomic mass is 16.6. The Hall–Kier alpha value is -4.77. The fraction of sp³-hybridized carbons (Fsp3) is 0.784. The van der Waals surface area contributed by atoms with Crippen LogP contribution in [0.3, 0.4) is 0 Å². The van der Waals surface area contributed by atoms with Crippen LogP contribution >= 0.6 is 0 Å². The normalized spacial score (nSPS) is 15.2. The van der Waals surface area contributed by atoms with Gasteiger partial charge in [-0.15, -0.1) is 0 Å². The quantitative estimate of drug-likeness (QED) is 0.0301. The molecule has 0 N–H and O–H groups in total. The average Bonchev–Trinajstić information content (AvgIpc) is 0.722. The Balaban J connectivity index is 2.86. The smallest absolute Gasteiger partial charge is 0.335 e. The molecule has 644 valence electrons. The molecule has 15 nitrogen and oxygen atoms in total. The number of esters is 3. The number of ether oxygens (including phenoxy) is 12. The van der Waals surface area contributed by atoms with Crippen molar-refractivity contribution in [2.75, 3.05) is 41.2 Å². The van der Waals surface area contributed by atoms with Gasteiger partial charge in [-0.05, 0) is 209 Å². The summed E-state index contributed by atoms with van der Waals surface area (Å²) in [6, 6.07) is 14.4. The first-order valence-corrected chi connectivity index (χ1v) is 41.8. The van der Waals surface area contributed by atoms with Crippen molar-refractivity contribution in [3.8, 4) is 17.2 Å². The third-order valence-corrected chi connectivity index (χ3v) is 23.6. The lowest BCUT2D eigenvalue weighted by molar-refractivity contribution is -0.167. The number of hydrogen-bond donors (Lipinski definition) is 0. The van der Waals surface area contributed by atoms with E-state index in [1.165, 1.54) is 21.3 Å². The zero-order valence-electron chi connectivity index (χ0n) is 80.0. The Kier molecular flexibility index (Phi) is 33.5. The highest BCUT2D eigenvalue weighted by molar-refractivity contribution is 5.75. The molecule has 0 heterocycles. The predicted octanol–water partition coefficient (Wildman–Crippen LogP) is 23.8. The van der Waals surface area contributed by atoms with Gasteiger partial charge in [0, 0.05) is 58.6 Å². The summed E-state index contributed by atoms with van der Waals surface area (Å²) in [6.07, 6.45) is -0.232. The maximum Gasteiger partial charge on any atom is 0.335 e. The number of methoxy groups -OCH3 is 3. The van der Waals surface area contributed by atoms with Gasteiger partial charge in [0.2, 0.25) is 0 Å². The van der Waals surface area contributed by atoms with E-state index in [2.05, 4.69) is 286 Å². The Morgan fingerprint density at radius 3 is 0.652 bits per heavy atom. The van der Waals surface area contributed by atoms with Gasteiger partial charge in [0.25, 0.3) is 0 Å². The minimum Gasteiger partial charge on any atom is -0.487 e. The molecule has 0 bridgehead atoms. The molecule has 0 radical (unpaired) electrons. The van der Waals surface area contributed by atoms with Crippen LogP contribution in [0.5, 0.6) is 17.2 Å². The van der Waals surface area contributed by atoms with E-state index < -0.39 is 108 Å². The van der Waals surface area contributed by atoms with Crippen molar-refractivity contribution in [1.82, 2.24) is 0 Å². The van der Waals surface area contributed by atoms with Gasteiger partial charge in [-0.2, -0.15) is 0 Å². The number of carbonyl (C=O) groups is 3. The molecule has 3 unspecified atom stereocenters. The average molecular weight is 1570 g/mol. The van der Waals surface area contributed by atoms with Crippen LogP contribution in [0, 0.1) is 16.2 Å². The fourth-order valence-corrected chi connectivity index (χ4v) is 13.7. The number of hydrogen-bond acceptors (Lipinski definition) is 15. The van der Waals surface area contributed by atoms with Crippen LogP contribution in [0.1, 0.15) is 385 Å². The summed E-state index contributed by atoms with van der Waals surface area (Å²) in [5, 5.41) is 0. The molecule has 3 aromatic rings. The molecule has 0 aliphatic carbocycles. The molecular weight excluding hydrogens is 1410 g/mol. The molecule has 0 saturated heterocycles. The van der Waals surface area contributed by atoms with E-state index in [1.807, 2.05) is 41.5 Å². The second-order valence-corrected chi connectivity index (χ2v) is 44.5. The lowest BCUT2D eigenvalue weighted by Gasteiger charge is -2.44. The highest BCUT2D eigenvalue weighted by Crippen LogP contribution is 2.56. The second-order valence-electron chi connectivity index (χ2n) is 44.5. The molecule has 0 aliphatic rings. The zero-order valence-corrected chi connectivity index (χ0v) is 80.0. The first kappa shape index (κ1) is 101. The van der Waals surface area contributed by atoms with Crippen LogP contribution in [-0.4, -0.2) is 129 Å². The van der Waals surface area contributed by atoms with E-state index in [9.17, 15) is 14.4 Å². The molecule has 0 spiro atoms. The van der Waals surface area contributed by atoms with Crippen molar-refractivity contribution in [1.29, 1.82) is 0 Å². The number of carbonyl (C=O) groups excluding carboxylic acids is 3. The Morgan fingerprint density at radius 1 is 0.295 bits per heavy atom. The summed E-state index contributed by atoms with van der Waals surface area (Å²) in [4.78, 5) is 39.8. The summed E-state index contributed by atoms with van der Waals surface area (Å²) >= 11 is 0. The van der Waals surface area contributed by atoms with Crippen LogP contribution in [0.2, 0.25) is 0 Å². The third kappa shape index (κ3) is 28.0. The highest BCUT2D eigenvalue weighted by Gasteiger charge is 2.48. The van der Waals surface area contributed by atoms with E-state index in [4.69, 9.17) is 56.8 Å². The Bertz CT molecular complexity index is 3190. The van der Waals surface area contributed by atoms with Gasteiger partial charge in [-0.3, -0.25) is 0 Å². The van der Waals surface area contributed by atoms with Crippen LogP contribution in [0.4, 0.5) is 0 Å². The standard InChI is InChI=1S/C97H166O15/c1-61(2)107-73(80(98)101-43)58-89(25,26)95(37,38)104-49-46-92(31,32)110-77-67(52-64(83(7,8)9)55-70(77)86(16,17)18)76(68-53-65(84(10,11)12)56-71(87(19,20)21)78(68)111-93(33,34)47-50-105-96(39,40)90(27,28)59-74(81(99)102-44)108-62(3)4)69-54-66(85(13,14)15)57-72(88(22,23)24)79(69)112-94(35,36)48-51-106-97(41,42)91(29,30)60-75(82(100)103-45)109-63(5)6/h52-57,61-63,73-76H,46-51,58-60H2,1-45H3. The fourth-order valence-electron chi connectivity index (χ4n) is 13.7. The molecule has 15 heteroatoms. The minimum atomic E-state index is -0.859. The maximum absolute atomic E-state index is 13.3. The number of rotatable bonds is 39. The lowest BCUT2D eigenvalue weighted by Crippen LogP contribution is -2.47. The van der Waals surface area contributed by atoms with Crippen molar-refractivity contribution in [3.05, 3.63) is 86.5 Å². The monoisotopic (exact) mass is 1570 g/mol. The summed E-state index contributed by atoms with van der Waals surface area (Å²) in [7, 11) is 4.22. The largest absolute Gasteiger partial charge is 0.487 e. The zero-order chi connectivity index (χ0) is 87.3. The number of benzene rings is 3. The first-order chi connectivity index (χ1) is 50.1. The van der Waals surface area contributed by atoms with E-state index in [0.29, 0.717) is 58.3 Å². The topological polar surface area (TPSA) is 162 Å². The van der Waals surface area contributed by atoms with Crippen LogP contribution < -0.4 is 14.2 Å². The van der Waals surface area contributed by atoms with Gasteiger partial charge in [-0.1, -0.05) is 203 Å². The molecule has 3 rings (SSSR count). The SMILES string of the molecule is COC(=O)C(CC(C)(C)C(C)(C)OCCC(C)(C)Oc1c(C(c2cc(C(C)(C)C)cc(C(C)(C)C)c2OC(C)(C)CCOC(C)(C)C(C)(C)CC(OC(C)C)C(=O)OC)c2cc(C(C)(C)C)cc(C(C)(C)C)c2OC(C)(C)CCOC(C)(C)C(C)(C)CC(OC(C)C)C(=O)OC)cc(C(C)(C)C)cc1C(C)(C)C)OC(C)C. The van der Waals surface area contributed by atoms with Gasteiger partial charge in [0.05, 0.1) is 76.3 Å². The summed E-state index contributed by atoms with van der Waals surface area (Å²) in [6.45, 7) is 92.3. The predicted molar refractivity (Wildman–Crippen MR) is 462 cm³/mol. The van der Waals surface area contributed by atoms with E-state index in [1.54, 1.807) is 0 Å². The van der Waals surface area contributed by atoms with Crippen molar-refractivity contribution < 1.29 is 71.2 Å².